The third-order valence-corrected chi connectivity index (χ3v) is 3.67. The summed E-state index contributed by atoms with van der Waals surface area (Å²) in [6, 6.07) is 0. The molecule has 0 aliphatic carbocycles. The maximum atomic E-state index is 10.8. The Morgan fingerprint density at radius 3 is 2.90 bits per heavy atom. The van der Waals surface area contributed by atoms with Crippen molar-refractivity contribution in [3.63, 3.8) is 0 Å². The molecule has 0 aromatic carbocycles. The van der Waals surface area contributed by atoms with Gasteiger partial charge >= 0.3 is 5.97 Å². The Hall–Kier alpha value is -1.87. The van der Waals surface area contributed by atoms with Crippen molar-refractivity contribution in [2.75, 3.05) is 26.6 Å². The van der Waals surface area contributed by atoms with Crippen molar-refractivity contribution >= 4 is 28.9 Å². The van der Waals surface area contributed by atoms with E-state index >= 15 is 0 Å². The Morgan fingerprint density at radius 2 is 2.24 bits per heavy atom. The summed E-state index contributed by atoms with van der Waals surface area (Å²) in [5.41, 5.74) is 1.16. The predicted octanol–water partition coefficient (Wildman–Crippen LogP) is 1.05. The number of imidazole rings is 1. The molecule has 0 bridgehead atoms. The summed E-state index contributed by atoms with van der Waals surface area (Å²) in [6.45, 7) is 1.23. The van der Waals surface area contributed by atoms with Gasteiger partial charge < -0.3 is 19.1 Å². The Bertz CT molecular complexity index is 631. The van der Waals surface area contributed by atoms with E-state index in [1.165, 1.54) is 13.4 Å². The first kappa shape index (κ1) is 15.5. The Morgan fingerprint density at radius 1 is 1.43 bits per heavy atom. The lowest BCUT2D eigenvalue weighted by atomic mass is 10.4. The highest BCUT2D eigenvalue weighted by molar-refractivity contribution is 7.99. The molecule has 114 valence electrons. The average Bonchev–Trinajstić information content (AvgIpc) is 2.83. The third-order valence-electron chi connectivity index (χ3n) is 2.71. The lowest BCUT2D eigenvalue weighted by molar-refractivity contribution is -0.133. The van der Waals surface area contributed by atoms with Crippen molar-refractivity contribution in [1.29, 1.82) is 0 Å². The second-order valence-corrected chi connectivity index (χ2v) is 5.07. The fraction of sp³-hybridized carbons (Fsp3) is 0.500. The minimum absolute atomic E-state index is 0.0661. The maximum absolute atomic E-state index is 10.8. The molecule has 0 radical (unpaired) electrons. The predicted molar refractivity (Wildman–Crippen MR) is 76.7 cm³/mol. The van der Waals surface area contributed by atoms with E-state index in [-0.39, 0.29) is 5.75 Å². The van der Waals surface area contributed by atoms with Crippen LogP contribution in [0.15, 0.2) is 11.5 Å². The lowest BCUT2D eigenvalue weighted by Crippen LogP contribution is -2.06. The molecule has 8 nitrogen and oxygen atoms in total. The molecule has 0 atom stereocenters. The van der Waals surface area contributed by atoms with Gasteiger partial charge in [0.05, 0.1) is 12.9 Å². The first-order chi connectivity index (χ1) is 10.2. The van der Waals surface area contributed by atoms with E-state index < -0.39 is 5.97 Å². The number of aryl methyl sites for hydroxylation is 1. The molecule has 2 rings (SSSR count). The number of ether oxygens (including phenoxy) is 2. The van der Waals surface area contributed by atoms with Crippen LogP contribution >= 0.6 is 11.8 Å². The molecule has 2 aromatic heterocycles. The summed E-state index contributed by atoms with van der Waals surface area (Å²) in [6.07, 6.45) is 2.18. The average molecular weight is 312 g/mol. The topological polar surface area (TPSA) is 99.4 Å². The van der Waals surface area contributed by atoms with Gasteiger partial charge in [-0.25, -0.2) is 9.97 Å². The summed E-state index contributed by atoms with van der Waals surface area (Å²) < 4.78 is 12.1. The highest BCUT2D eigenvalue weighted by Crippen LogP contribution is 2.27. The molecule has 21 heavy (non-hydrogen) atoms. The molecule has 0 unspecified atom stereocenters. The summed E-state index contributed by atoms with van der Waals surface area (Å²) in [7, 11) is 3.15. The van der Waals surface area contributed by atoms with Gasteiger partial charge in [-0.1, -0.05) is 11.8 Å². The number of hydrogen-bond acceptors (Lipinski definition) is 7. The summed E-state index contributed by atoms with van der Waals surface area (Å²) >= 11 is 1.15. The van der Waals surface area contributed by atoms with Crippen molar-refractivity contribution < 1.29 is 19.4 Å². The third kappa shape index (κ3) is 3.61. The van der Waals surface area contributed by atoms with Gasteiger partial charge in [-0.05, 0) is 6.42 Å². The molecule has 0 aliphatic rings. The zero-order valence-electron chi connectivity index (χ0n) is 11.8. The van der Waals surface area contributed by atoms with Crippen LogP contribution in [0.5, 0.6) is 5.88 Å². The molecular weight excluding hydrogens is 296 g/mol. The molecule has 0 amide bonds. The van der Waals surface area contributed by atoms with Gasteiger partial charge in [0.15, 0.2) is 16.3 Å². The van der Waals surface area contributed by atoms with E-state index in [9.17, 15) is 4.79 Å². The summed E-state index contributed by atoms with van der Waals surface area (Å²) in [5, 5.41) is 9.41. The monoisotopic (exact) mass is 312 g/mol. The zero-order chi connectivity index (χ0) is 15.2. The summed E-state index contributed by atoms with van der Waals surface area (Å²) in [5.74, 6) is -0.584. The number of methoxy groups -OCH3 is 2. The van der Waals surface area contributed by atoms with E-state index in [1.54, 1.807) is 7.11 Å². The number of fused-ring (bicyclic) bond motifs is 1. The zero-order valence-corrected chi connectivity index (χ0v) is 12.6. The standard InChI is InChI=1S/C12H16N4O4S/c1-19-5-3-4-16-10-9(11(20-2)14-7-13-10)15-12(16)21-6-8(17)18/h7H,3-6H2,1-2H3,(H,17,18). The van der Waals surface area contributed by atoms with Crippen LogP contribution in [0, 0.1) is 0 Å². The van der Waals surface area contributed by atoms with Crippen LogP contribution in [0.2, 0.25) is 0 Å². The first-order valence-electron chi connectivity index (χ1n) is 6.26. The SMILES string of the molecule is COCCCn1c(SCC(=O)O)nc2c(OC)ncnc21. The number of thioether (sulfide) groups is 1. The Kier molecular flexibility index (Phi) is 5.34. The van der Waals surface area contributed by atoms with Gasteiger partial charge in [0.1, 0.15) is 6.33 Å². The lowest BCUT2D eigenvalue weighted by Gasteiger charge is -2.07. The van der Waals surface area contributed by atoms with Crippen LogP contribution in [0.25, 0.3) is 11.2 Å². The quantitative estimate of drug-likeness (QED) is 0.570. The minimum atomic E-state index is -0.895. The number of carboxylic acids is 1. The van der Waals surface area contributed by atoms with Crippen LogP contribution < -0.4 is 4.74 Å². The van der Waals surface area contributed by atoms with E-state index in [2.05, 4.69) is 15.0 Å². The smallest absolute Gasteiger partial charge is 0.313 e. The van der Waals surface area contributed by atoms with Gasteiger partial charge in [-0.15, -0.1) is 0 Å². The number of carbonyl (C=O) groups is 1. The molecule has 0 saturated heterocycles. The van der Waals surface area contributed by atoms with Crippen molar-refractivity contribution in [1.82, 2.24) is 19.5 Å². The van der Waals surface area contributed by atoms with Crippen molar-refractivity contribution in [2.45, 2.75) is 18.1 Å². The number of rotatable bonds is 8. The van der Waals surface area contributed by atoms with E-state index in [0.29, 0.717) is 35.4 Å². The van der Waals surface area contributed by atoms with Gasteiger partial charge in [0.2, 0.25) is 5.88 Å². The largest absolute Gasteiger partial charge is 0.481 e. The number of hydrogen-bond donors (Lipinski definition) is 1. The molecule has 9 heteroatoms. The van der Waals surface area contributed by atoms with Gasteiger partial charge in [0, 0.05) is 20.3 Å². The number of carboxylic acid groups (broad SMARTS) is 1. The molecule has 1 N–H and O–H groups in total. The first-order valence-corrected chi connectivity index (χ1v) is 7.24. The fourth-order valence-corrected chi connectivity index (χ4v) is 2.59. The molecule has 0 spiro atoms. The molecule has 2 aromatic rings. The van der Waals surface area contributed by atoms with Crippen LogP contribution in [0.1, 0.15) is 6.42 Å². The van der Waals surface area contributed by atoms with Crippen molar-refractivity contribution in [2.24, 2.45) is 0 Å². The molecule has 2 heterocycles. The molecule has 0 fully saturated rings. The maximum Gasteiger partial charge on any atom is 0.313 e. The summed E-state index contributed by atoms with van der Waals surface area (Å²) in [4.78, 5) is 23.4. The molecule has 0 aliphatic heterocycles. The van der Waals surface area contributed by atoms with E-state index in [4.69, 9.17) is 14.6 Å². The molecular formula is C12H16N4O4S. The highest BCUT2D eigenvalue weighted by atomic mass is 32.2. The minimum Gasteiger partial charge on any atom is -0.481 e. The molecule has 0 saturated carbocycles. The normalized spacial score (nSPS) is 11.0. The van der Waals surface area contributed by atoms with Crippen molar-refractivity contribution in [3.05, 3.63) is 6.33 Å². The number of aliphatic carboxylic acids is 1. The van der Waals surface area contributed by atoms with Gasteiger partial charge in [-0.2, -0.15) is 4.98 Å². The second kappa shape index (κ2) is 7.23. The van der Waals surface area contributed by atoms with Crippen LogP contribution in [-0.4, -0.2) is 57.2 Å². The van der Waals surface area contributed by atoms with Crippen molar-refractivity contribution in [3.8, 4) is 5.88 Å². The van der Waals surface area contributed by atoms with Crippen LogP contribution in [0.3, 0.4) is 0 Å². The Balaban J connectivity index is 2.38. The number of nitrogens with zero attached hydrogens (tertiary/aromatic N) is 4. The second-order valence-electron chi connectivity index (χ2n) is 4.13. The fourth-order valence-electron chi connectivity index (χ4n) is 1.85. The number of aromatic nitrogens is 4. The van der Waals surface area contributed by atoms with Crippen LogP contribution in [0.4, 0.5) is 0 Å². The van der Waals surface area contributed by atoms with E-state index in [1.807, 2.05) is 4.57 Å². The van der Waals surface area contributed by atoms with Gasteiger partial charge in [-0.3, -0.25) is 4.79 Å². The Labute approximate surface area is 125 Å². The van der Waals surface area contributed by atoms with E-state index in [0.717, 1.165) is 18.2 Å². The van der Waals surface area contributed by atoms with Gasteiger partial charge in [0.25, 0.3) is 0 Å². The van der Waals surface area contributed by atoms with Crippen LogP contribution in [-0.2, 0) is 16.1 Å². The highest BCUT2D eigenvalue weighted by Gasteiger charge is 2.17.